The molecule has 1 saturated heterocycles. The Labute approximate surface area is 135 Å². The topological polar surface area (TPSA) is 44.7 Å². The molecule has 0 saturated carbocycles. The third-order valence-corrected chi connectivity index (χ3v) is 4.72. The van der Waals surface area contributed by atoms with Gasteiger partial charge in [0, 0.05) is 23.6 Å². The standard InChI is InChI=1S/C16H25BrN2O2/c1-2-18-16(14-5-3-4-6-15(14)17)7-8-19-9-10-21-12-13(19)11-20/h3-6,13,16,18,20H,2,7-12H2,1H3. The van der Waals surface area contributed by atoms with E-state index in [1.807, 2.05) is 6.07 Å². The van der Waals surface area contributed by atoms with E-state index in [1.165, 1.54) is 5.56 Å². The van der Waals surface area contributed by atoms with Gasteiger partial charge in [0.1, 0.15) is 0 Å². The van der Waals surface area contributed by atoms with E-state index in [1.54, 1.807) is 0 Å². The van der Waals surface area contributed by atoms with Crippen molar-refractivity contribution in [2.75, 3.05) is 39.5 Å². The number of benzene rings is 1. The van der Waals surface area contributed by atoms with Crippen LogP contribution in [0.15, 0.2) is 28.7 Å². The predicted molar refractivity (Wildman–Crippen MR) is 88.4 cm³/mol. The summed E-state index contributed by atoms with van der Waals surface area (Å²) in [7, 11) is 0. The summed E-state index contributed by atoms with van der Waals surface area (Å²) in [5.41, 5.74) is 1.30. The quantitative estimate of drug-likeness (QED) is 0.785. The van der Waals surface area contributed by atoms with Crippen LogP contribution in [-0.4, -0.2) is 55.5 Å². The SMILES string of the molecule is CCNC(CCN1CCOCC1CO)c1ccccc1Br. The van der Waals surface area contributed by atoms with Crippen LogP contribution in [0.1, 0.15) is 24.9 Å². The smallest absolute Gasteiger partial charge is 0.0644 e. The zero-order valence-corrected chi connectivity index (χ0v) is 14.2. The second kappa shape index (κ2) is 8.86. The van der Waals surface area contributed by atoms with Crippen LogP contribution in [0.3, 0.4) is 0 Å². The van der Waals surface area contributed by atoms with Gasteiger partial charge in [-0.3, -0.25) is 4.90 Å². The highest BCUT2D eigenvalue weighted by Gasteiger charge is 2.23. The van der Waals surface area contributed by atoms with Crippen LogP contribution in [-0.2, 0) is 4.74 Å². The molecule has 0 aliphatic carbocycles. The van der Waals surface area contributed by atoms with Gasteiger partial charge in [-0.25, -0.2) is 0 Å². The molecule has 2 rings (SSSR count). The lowest BCUT2D eigenvalue weighted by molar-refractivity contribution is -0.0286. The normalized spacial score (nSPS) is 21.4. The number of ether oxygens (including phenoxy) is 1. The third-order valence-electron chi connectivity index (χ3n) is 4.00. The van der Waals surface area contributed by atoms with Crippen molar-refractivity contribution in [2.45, 2.75) is 25.4 Å². The Bertz CT molecular complexity index is 430. The molecule has 1 aliphatic rings. The molecule has 2 unspecified atom stereocenters. The summed E-state index contributed by atoms with van der Waals surface area (Å²) in [6.45, 7) is 6.51. The second-order valence-electron chi connectivity index (χ2n) is 5.37. The molecule has 1 aromatic carbocycles. The molecule has 21 heavy (non-hydrogen) atoms. The number of morpholine rings is 1. The molecule has 0 bridgehead atoms. The van der Waals surface area contributed by atoms with E-state index in [0.717, 1.165) is 37.1 Å². The summed E-state index contributed by atoms with van der Waals surface area (Å²) in [6.07, 6.45) is 1.02. The molecule has 5 heteroatoms. The monoisotopic (exact) mass is 356 g/mol. The van der Waals surface area contributed by atoms with Crippen molar-refractivity contribution in [1.29, 1.82) is 0 Å². The maximum Gasteiger partial charge on any atom is 0.0644 e. The van der Waals surface area contributed by atoms with Crippen LogP contribution in [0.4, 0.5) is 0 Å². The Kier molecular flexibility index (Phi) is 7.13. The van der Waals surface area contributed by atoms with E-state index < -0.39 is 0 Å². The van der Waals surface area contributed by atoms with Crippen molar-refractivity contribution in [3.05, 3.63) is 34.3 Å². The Morgan fingerprint density at radius 2 is 2.29 bits per heavy atom. The van der Waals surface area contributed by atoms with Crippen LogP contribution in [0.2, 0.25) is 0 Å². The Balaban J connectivity index is 1.98. The van der Waals surface area contributed by atoms with E-state index in [-0.39, 0.29) is 12.6 Å². The largest absolute Gasteiger partial charge is 0.395 e. The number of nitrogens with one attached hydrogen (secondary N) is 1. The molecule has 0 amide bonds. The number of hydrogen-bond donors (Lipinski definition) is 2. The molecule has 1 aliphatic heterocycles. The Hall–Kier alpha value is -0.460. The van der Waals surface area contributed by atoms with Crippen LogP contribution in [0, 0.1) is 0 Å². The number of rotatable bonds is 7. The highest BCUT2D eigenvalue weighted by molar-refractivity contribution is 9.10. The highest BCUT2D eigenvalue weighted by atomic mass is 79.9. The summed E-state index contributed by atoms with van der Waals surface area (Å²) in [4.78, 5) is 2.34. The summed E-state index contributed by atoms with van der Waals surface area (Å²) in [6, 6.07) is 8.84. The summed E-state index contributed by atoms with van der Waals surface area (Å²) in [5.74, 6) is 0. The first kappa shape index (κ1) is 16.9. The van der Waals surface area contributed by atoms with Gasteiger partial charge in [0.2, 0.25) is 0 Å². The fourth-order valence-corrected chi connectivity index (χ4v) is 3.38. The van der Waals surface area contributed by atoms with Crippen molar-refractivity contribution >= 4 is 15.9 Å². The van der Waals surface area contributed by atoms with Gasteiger partial charge in [-0.1, -0.05) is 41.1 Å². The molecular formula is C16H25BrN2O2. The van der Waals surface area contributed by atoms with E-state index in [0.29, 0.717) is 12.6 Å². The minimum atomic E-state index is 0.139. The highest BCUT2D eigenvalue weighted by Crippen LogP contribution is 2.26. The van der Waals surface area contributed by atoms with Crippen molar-refractivity contribution in [3.63, 3.8) is 0 Å². The molecule has 1 aromatic rings. The maximum absolute atomic E-state index is 9.45. The van der Waals surface area contributed by atoms with Gasteiger partial charge in [-0.15, -0.1) is 0 Å². The van der Waals surface area contributed by atoms with E-state index in [4.69, 9.17) is 4.74 Å². The van der Waals surface area contributed by atoms with Gasteiger partial charge in [-0.2, -0.15) is 0 Å². The number of nitrogens with zero attached hydrogens (tertiary/aromatic N) is 1. The molecule has 1 fully saturated rings. The Morgan fingerprint density at radius 1 is 1.48 bits per heavy atom. The lowest BCUT2D eigenvalue weighted by Gasteiger charge is -2.35. The van der Waals surface area contributed by atoms with Gasteiger partial charge in [0.15, 0.2) is 0 Å². The molecular weight excluding hydrogens is 332 g/mol. The second-order valence-corrected chi connectivity index (χ2v) is 6.22. The summed E-state index contributed by atoms with van der Waals surface area (Å²) in [5, 5.41) is 13.0. The molecule has 2 atom stereocenters. The van der Waals surface area contributed by atoms with Gasteiger partial charge >= 0.3 is 0 Å². The molecule has 4 nitrogen and oxygen atoms in total. The maximum atomic E-state index is 9.45. The van der Waals surface area contributed by atoms with Crippen LogP contribution < -0.4 is 5.32 Å². The van der Waals surface area contributed by atoms with Gasteiger partial charge < -0.3 is 15.2 Å². The van der Waals surface area contributed by atoms with Gasteiger partial charge in [0.05, 0.1) is 25.9 Å². The minimum Gasteiger partial charge on any atom is -0.395 e. The van der Waals surface area contributed by atoms with Crippen molar-refractivity contribution in [1.82, 2.24) is 10.2 Å². The van der Waals surface area contributed by atoms with Crippen LogP contribution in [0.25, 0.3) is 0 Å². The average molecular weight is 357 g/mol. The zero-order valence-electron chi connectivity index (χ0n) is 12.6. The number of halogens is 1. The van der Waals surface area contributed by atoms with Crippen LogP contribution >= 0.6 is 15.9 Å². The fourth-order valence-electron chi connectivity index (χ4n) is 2.82. The molecule has 0 spiro atoms. The molecule has 0 radical (unpaired) electrons. The number of aliphatic hydroxyl groups is 1. The van der Waals surface area contributed by atoms with Crippen molar-refractivity contribution in [2.24, 2.45) is 0 Å². The number of hydrogen-bond acceptors (Lipinski definition) is 4. The van der Waals surface area contributed by atoms with E-state index >= 15 is 0 Å². The van der Waals surface area contributed by atoms with Crippen molar-refractivity contribution in [3.8, 4) is 0 Å². The minimum absolute atomic E-state index is 0.139. The zero-order chi connectivity index (χ0) is 15.1. The van der Waals surface area contributed by atoms with Crippen LogP contribution in [0.5, 0.6) is 0 Å². The first-order valence-electron chi connectivity index (χ1n) is 7.66. The summed E-state index contributed by atoms with van der Waals surface area (Å²) < 4.78 is 6.59. The molecule has 0 aromatic heterocycles. The predicted octanol–water partition coefficient (Wildman–Crippen LogP) is 2.18. The lowest BCUT2D eigenvalue weighted by Crippen LogP contribution is -2.48. The fraction of sp³-hybridized carbons (Fsp3) is 0.625. The lowest BCUT2D eigenvalue weighted by atomic mass is 10.0. The molecule has 118 valence electrons. The Morgan fingerprint density at radius 3 is 3.00 bits per heavy atom. The summed E-state index contributed by atoms with van der Waals surface area (Å²) >= 11 is 3.64. The van der Waals surface area contributed by atoms with Gasteiger partial charge in [-0.05, 0) is 24.6 Å². The first-order valence-corrected chi connectivity index (χ1v) is 8.46. The van der Waals surface area contributed by atoms with E-state index in [2.05, 4.69) is 51.3 Å². The molecule has 1 heterocycles. The first-order chi connectivity index (χ1) is 10.3. The third kappa shape index (κ3) is 4.76. The van der Waals surface area contributed by atoms with E-state index in [9.17, 15) is 5.11 Å². The molecule has 2 N–H and O–H groups in total. The van der Waals surface area contributed by atoms with Gasteiger partial charge in [0.25, 0.3) is 0 Å². The number of aliphatic hydroxyl groups excluding tert-OH is 1. The average Bonchev–Trinajstić information content (AvgIpc) is 2.52. The van der Waals surface area contributed by atoms with Crippen molar-refractivity contribution < 1.29 is 9.84 Å².